The zero-order valence-corrected chi connectivity index (χ0v) is 25.6. The lowest BCUT2D eigenvalue weighted by molar-refractivity contribution is -0.147. The van der Waals surface area contributed by atoms with Crippen molar-refractivity contribution < 1.29 is 24.5 Å². The van der Waals surface area contributed by atoms with Crippen LogP contribution in [-0.2, 0) is 29.0 Å². The van der Waals surface area contributed by atoms with Crippen LogP contribution in [0.4, 0.5) is 5.13 Å². The van der Waals surface area contributed by atoms with Crippen LogP contribution in [0, 0.1) is 16.7 Å². The van der Waals surface area contributed by atoms with Crippen molar-refractivity contribution in [3.8, 4) is 5.75 Å². The Morgan fingerprint density at radius 1 is 1.12 bits per heavy atom. The number of fused-ring (bicyclic) bond motifs is 2. The number of hydrogen-bond acceptors (Lipinski definition) is 7. The van der Waals surface area contributed by atoms with Crippen LogP contribution in [0.5, 0.6) is 5.75 Å². The van der Waals surface area contributed by atoms with Crippen molar-refractivity contribution in [3.63, 3.8) is 0 Å². The molecule has 9 heteroatoms. The number of hydrogen-bond donors (Lipinski definition) is 3. The molecule has 0 aliphatic heterocycles. The van der Waals surface area contributed by atoms with E-state index in [4.69, 9.17) is 9.72 Å². The SMILES string of the molecule is COc1ccc(CC(=O)Nc2nc3c(s2)CC2C(C)(CO)C(O)CCC2(C)C3CC(=O)N(C)Cc2ccccc2)cc1. The van der Waals surface area contributed by atoms with Crippen molar-refractivity contribution in [3.05, 3.63) is 76.3 Å². The molecule has 42 heavy (non-hydrogen) atoms. The van der Waals surface area contributed by atoms with Crippen molar-refractivity contribution in [2.24, 2.45) is 16.7 Å². The predicted octanol–water partition coefficient (Wildman–Crippen LogP) is 4.80. The van der Waals surface area contributed by atoms with Gasteiger partial charge < -0.3 is 25.2 Å². The molecule has 1 heterocycles. The van der Waals surface area contributed by atoms with E-state index in [0.29, 0.717) is 24.5 Å². The van der Waals surface area contributed by atoms with Gasteiger partial charge >= 0.3 is 0 Å². The average Bonchev–Trinajstić information content (AvgIpc) is 3.38. The number of aliphatic hydroxyl groups is 2. The van der Waals surface area contributed by atoms with Gasteiger partial charge in [0.15, 0.2) is 5.13 Å². The number of rotatable bonds is 9. The second-order valence-corrected chi connectivity index (χ2v) is 13.5. The molecule has 3 N–H and O–H groups in total. The first-order valence-electron chi connectivity index (χ1n) is 14.6. The molecule has 2 aliphatic carbocycles. The number of carbonyl (C=O) groups is 2. The van der Waals surface area contributed by atoms with Crippen molar-refractivity contribution >= 4 is 28.3 Å². The molecule has 224 valence electrons. The minimum absolute atomic E-state index is 0.0200. The molecule has 1 aromatic heterocycles. The van der Waals surface area contributed by atoms with E-state index in [9.17, 15) is 19.8 Å². The van der Waals surface area contributed by atoms with Crippen molar-refractivity contribution in [1.82, 2.24) is 9.88 Å². The van der Waals surface area contributed by atoms with E-state index in [1.54, 1.807) is 12.0 Å². The fourth-order valence-electron chi connectivity index (χ4n) is 7.07. The number of nitrogens with zero attached hydrogens (tertiary/aromatic N) is 2. The molecule has 8 nitrogen and oxygen atoms in total. The van der Waals surface area contributed by atoms with Crippen LogP contribution in [0.3, 0.4) is 0 Å². The normalized spacial score (nSPS) is 26.6. The summed E-state index contributed by atoms with van der Waals surface area (Å²) < 4.78 is 5.21. The molecule has 2 aromatic carbocycles. The maximum Gasteiger partial charge on any atom is 0.230 e. The van der Waals surface area contributed by atoms with E-state index in [2.05, 4.69) is 12.2 Å². The third-order valence-electron chi connectivity index (χ3n) is 9.73. The number of thiazole rings is 1. The topological polar surface area (TPSA) is 112 Å². The Hall–Kier alpha value is -3.27. The van der Waals surface area contributed by atoms with Gasteiger partial charge in [0.1, 0.15) is 5.75 Å². The summed E-state index contributed by atoms with van der Waals surface area (Å²) in [5.41, 5.74) is 1.73. The van der Waals surface area contributed by atoms with Crippen LogP contribution in [-0.4, -0.2) is 58.8 Å². The monoisotopic (exact) mass is 591 g/mol. The fourth-order valence-corrected chi connectivity index (χ4v) is 8.15. The number of benzene rings is 2. The molecule has 5 rings (SSSR count). The Kier molecular flexibility index (Phi) is 8.73. The molecular weight excluding hydrogens is 550 g/mol. The molecule has 0 saturated heterocycles. The highest BCUT2D eigenvalue weighted by Crippen LogP contribution is 2.63. The van der Waals surface area contributed by atoms with Crippen LogP contribution in [0.2, 0.25) is 0 Å². The van der Waals surface area contributed by atoms with E-state index >= 15 is 0 Å². The number of aromatic nitrogens is 1. The third-order valence-corrected chi connectivity index (χ3v) is 10.7. The van der Waals surface area contributed by atoms with E-state index in [1.807, 2.05) is 68.6 Å². The first-order chi connectivity index (χ1) is 20.1. The Morgan fingerprint density at radius 3 is 2.50 bits per heavy atom. The van der Waals surface area contributed by atoms with Crippen LogP contribution < -0.4 is 10.1 Å². The molecule has 3 aromatic rings. The van der Waals surface area contributed by atoms with Gasteiger partial charge in [0.2, 0.25) is 11.8 Å². The molecule has 1 saturated carbocycles. The number of amides is 2. The van der Waals surface area contributed by atoms with E-state index in [0.717, 1.165) is 33.9 Å². The molecule has 5 unspecified atom stereocenters. The number of aliphatic hydroxyl groups excluding tert-OH is 2. The molecule has 0 spiro atoms. The number of ether oxygens (including phenoxy) is 1. The van der Waals surface area contributed by atoms with Crippen LogP contribution >= 0.6 is 11.3 Å². The predicted molar refractivity (Wildman–Crippen MR) is 163 cm³/mol. The standard InChI is InChI=1S/C33H41N3O5S/c1-32-15-14-27(38)33(2,20-37)26(32)18-25-30(24(32)17-29(40)36(3)19-22-8-6-5-7-9-22)35-31(42-25)34-28(39)16-21-10-12-23(41-4)13-11-21/h5-13,24,26-27,37-38H,14-20H2,1-4H3,(H,34,35,39). The van der Waals surface area contributed by atoms with Gasteiger partial charge in [0.25, 0.3) is 0 Å². The smallest absolute Gasteiger partial charge is 0.230 e. The van der Waals surface area contributed by atoms with Crippen LogP contribution in [0.1, 0.15) is 60.7 Å². The van der Waals surface area contributed by atoms with E-state index in [1.165, 1.54) is 11.3 Å². The second kappa shape index (κ2) is 12.1. The summed E-state index contributed by atoms with van der Waals surface area (Å²) in [6.45, 7) is 4.53. The summed E-state index contributed by atoms with van der Waals surface area (Å²) >= 11 is 1.44. The summed E-state index contributed by atoms with van der Waals surface area (Å²) in [6.07, 6.45) is 1.76. The summed E-state index contributed by atoms with van der Waals surface area (Å²) in [7, 11) is 3.43. The van der Waals surface area contributed by atoms with Crippen molar-refractivity contribution in [1.29, 1.82) is 0 Å². The zero-order chi connectivity index (χ0) is 30.1. The largest absolute Gasteiger partial charge is 0.497 e. The first kappa shape index (κ1) is 30.2. The number of nitrogens with one attached hydrogen (secondary N) is 1. The minimum Gasteiger partial charge on any atom is -0.497 e. The quantitative estimate of drug-likeness (QED) is 0.330. The molecule has 2 aliphatic rings. The summed E-state index contributed by atoms with van der Waals surface area (Å²) in [5, 5.41) is 25.1. The average molecular weight is 592 g/mol. The number of methoxy groups -OCH3 is 1. The maximum absolute atomic E-state index is 13.7. The molecular formula is C33H41N3O5S. The Labute approximate surface area is 251 Å². The van der Waals surface area contributed by atoms with Gasteiger partial charge in [-0.3, -0.25) is 9.59 Å². The highest BCUT2D eigenvalue weighted by atomic mass is 32.1. The molecule has 0 bridgehead atoms. The van der Waals surface area contributed by atoms with E-state index < -0.39 is 11.5 Å². The second-order valence-electron chi connectivity index (χ2n) is 12.4. The minimum atomic E-state index is -0.705. The Bertz CT molecular complexity index is 1410. The van der Waals surface area contributed by atoms with Gasteiger partial charge in [-0.15, -0.1) is 11.3 Å². The van der Waals surface area contributed by atoms with Crippen LogP contribution in [0.15, 0.2) is 54.6 Å². The lowest BCUT2D eigenvalue weighted by Crippen LogP contribution is -2.57. The molecule has 0 radical (unpaired) electrons. The van der Waals surface area contributed by atoms with Gasteiger partial charge in [-0.25, -0.2) is 4.98 Å². The molecule has 1 fully saturated rings. The Balaban J connectivity index is 1.42. The molecule has 5 atom stereocenters. The zero-order valence-electron chi connectivity index (χ0n) is 24.8. The van der Waals surface area contributed by atoms with Gasteiger partial charge in [0, 0.05) is 36.2 Å². The van der Waals surface area contributed by atoms with Gasteiger partial charge in [-0.05, 0) is 53.9 Å². The lowest BCUT2D eigenvalue weighted by atomic mass is 9.47. The van der Waals surface area contributed by atoms with Crippen molar-refractivity contribution in [2.75, 3.05) is 26.1 Å². The molecule has 2 amide bonds. The van der Waals surface area contributed by atoms with Gasteiger partial charge in [-0.2, -0.15) is 0 Å². The third kappa shape index (κ3) is 5.82. The lowest BCUT2D eigenvalue weighted by Gasteiger charge is -2.58. The summed E-state index contributed by atoms with van der Waals surface area (Å²) in [5.74, 6) is 0.328. The van der Waals surface area contributed by atoms with Gasteiger partial charge in [0.05, 0.1) is 31.9 Å². The van der Waals surface area contributed by atoms with Crippen LogP contribution in [0.25, 0.3) is 0 Å². The summed E-state index contributed by atoms with van der Waals surface area (Å²) in [4.78, 5) is 34.4. The maximum atomic E-state index is 13.7. The first-order valence-corrected chi connectivity index (χ1v) is 15.4. The van der Waals surface area contributed by atoms with E-state index in [-0.39, 0.29) is 48.5 Å². The highest BCUT2D eigenvalue weighted by Gasteiger charge is 2.59. The van der Waals surface area contributed by atoms with Crippen molar-refractivity contribution in [2.45, 2.75) is 64.5 Å². The summed E-state index contributed by atoms with van der Waals surface area (Å²) in [6, 6.07) is 17.3. The number of carbonyl (C=O) groups excluding carboxylic acids is 2. The Morgan fingerprint density at radius 2 is 1.83 bits per heavy atom. The van der Waals surface area contributed by atoms with Gasteiger partial charge in [-0.1, -0.05) is 56.3 Å². The highest BCUT2D eigenvalue weighted by molar-refractivity contribution is 7.15. The number of anilines is 1. The fraction of sp³-hybridized carbons (Fsp3) is 0.485.